The molecule has 3 N–H and O–H groups in total. The molecule has 6 nitrogen and oxygen atoms in total. The summed E-state index contributed by atoms with van der Waals surface area (Å²) in [6.45, 7) is 1.30. The van der Waals surface area contributed by atoms with Crippen LogP contribution in [0.1, 0.15) is 38.5 Å². The first-order valence-corrected chi connectivity index (χ1v) is 6.89. The van der Waals surface area contributed by atoms with E-state index in [-0.39, 0.29) is 17.9 Å². The minimum Gasteiger partial charge on any atom is -0.481 e. The van der Waals surface area contributed by atoms with Crippen LogP contribution in [0, 0.1) is 0 Å². The summed E-state index contributed by atoms with van der Waals surface area (Å²) in [5.74, 6) is -0.867. The fourth-order valence-corrected chi connectivity index (χ4v) is 2.93. The lowest BCUT2D eigenvalue weighted by atomic mass is 9.94. The van der Waals surface area contributed by atoms with Crippen molar-refractivity contribution in [3.05, 3.63) is 0 Å². The maximum atomic E-state index is 12.2. The summed E-state index contributed by atoms with van der Waals surface area (Å²) in [5, 5.41) is 8.76. The van der Waals surface area contributed by atoms with Crippen LogP contribution in [0.15, 0.2) is 0 Å². The Labute approximate surface area is 112 Å². The summed E-state index contributed by atoms with van der Waals surface area (Å²) < 4.78 is 5.36. The Morgan fingerprint density at radius 1 is 1.37 bits per heavy atom. The summed E-state index contributed by atoms with van der Waals surface area (Å²) in [6.07, 6.45) is 3.91. The highest BCUT2D eigenvalue weighted by molar-refractivity contribution is 5.77. The Morgan fingerprint density at radius 3 is 2.68 bits per heavy atom. The third kappa shape index (κ3) is 3.91. The minimum absolute atomic E-state index is 0.0306. The van der Waals surface area contributed by atoms with Gasteiger partial charge in [-0.05, 0) is 12.8 Å². The maximum absolute atomic E-state index is 12.2. The van der Waals surface area contributed by atoms with E-state index in [0.717, 1.165) is 25.7 Å². The topological polar surface area (TPSA) is 92.9 Å². The fourth-order valence-electron chi connectivity index (χ4n) is 2.93. The molecule has 1 saturated carbocycles. The number of morpholine rings is 1. The van der Waals surface area contributed by atoms with E-state index in [0.29, 0.717) is 26.1 Å². The highest BCUT2D eigenvalue weighted by Crippen LogP contribution is 2.30. The van der Waals surface area contributed by atoms with Crippen molar-refractivity contribution in [2.45, 2.75) is 50.2 Å². The van der Waals surface area contributed by atoms with Crippen LogP contribution in [0.4, 0.5) is 0 Å². The van der Waals surface area contributed by atoms with E-state index in [4.69, 9.17) is 15.6 Å². The van der Waals surface area contributed by atoms with Gasteiger partial charge in [0.25, 0.3) is 0 Å². The van der Waals surface area contributed by atoms with E-state index in [2.05, 4.69) is 0 Å². The molecule has 1 atom stereocenters. The van der Waals surface area contributed by atoms with Gasteiger partial charge in [0.05, 0.1) is 19.1 Å². The monoisotopic (exact) mass is 270 g/mol. The molecular formula is C13H22N2O4. The molecule has 0 bridgehead atoms. The van der Waals surface area contributed by atoms with Crippen molar-refractivity contribution in [3.8, 4) is 0 Å². The number of aliphatic carboxylic acids is 1. The van der Waals surface area contributed by atoms with Crippen LogP contribution in [0.25, 0.3) is 0 Å². The predicted molar refractivity (Wildman–Crippen MR) is 68.6 cm³/mol. The zero-order chi connectivity index (χ0) is 13.9. The molecule has 1 saturated heterocycles. The zero-order valence-electron chi connectivity index (χ0n) is 11.1. The second kappa shape index (κ2) is 5.88. The van der Waals surface area contributed by atoms with Gasteiger partial charge in [0.1, 0.15) is 0 Å². The average molecular weight is 270 g/mol. The smallest absolute Gasteiger partial charge is 0.306 e. The van der Waals surface area contributed by atoms with E-state index in [9.17, 15) is 9.59 Å². The Kier molecular flexibility index (Phi) is 4.42. The number of rotatable bonds is 4. The number of nitrogens with zero attached hydrogens (tertiary/aromatic N) is 1. The average Bonchev–Trinajstić information content (AvgIpc) is 2.75. The van der Waals surface area contributed by atoms with Crippen LogP contribution in [-0.4, -0.2) is 53.2 Å². The largest absolute Gasteiger partial charge is 0.481 e. The first-order chi connectivity index (χ1) is 8.98. The summed E-state index contributed by atoms with van der Waals surface area (Å²) in [7, 11) is 0. The lowest BCUT2D eigenvalue weighted by Gasteiger charge is -2.34. The lowest BCUT2D eigenvalue weighted by molar-refractivity contribution is -0.148. The van der Waals surface area contributed by atoms with Gasteiger partial charge in [0, 0.05) is 25.0 Å². The highest BCUT2D eigenvalue weighted by atomic mass is 16.5. The van der Waals surface area contributed by atoms with Crippen LogP contribution in [0.5, 0.6) is 0 Å². The predicted octanol–water partition coefficient (Wildman–Crippen LogP) is 0.350. The number of ether oxygens (including phenoxy) is 1. The van der Waals surface area contributed by atoms with Crippen molar-refractivity contribution >= 4 is 11.9 Å². The number of carboxylic acid groups (broad SMARTS) is 1. The number of hydrogen-bond donors (Lipinski definition) is 2. The SMILES string of the molecule is NC1(CC(=O)N2CCOC(CC(=O)O)C2)CCCC1. The van der Waals surface area contributed by atoms with Gasteiger partial charge in [0.15, 0.2) is 0 Å². The number of amides is 1. The maximum Gasteiger partial charge on any atom is 0.306 e. The van der Waals surface area contributed by atoms with Crippen LogP contribution >= 0.6 is 0 Å². The number of nitrogens with two attached hydrogens (primary N) is 1. The van der Waals surface area contributed by atoms with Crippen molar-refractivity contribution in [2.24, 2.45) is 5.73 Å². The molecule has 6 heteroatoms. The number of carboxylic acids is 1. The van der Waals surface area contributed by atoms with E-state index in [1.54, 1.807) is 4.90 Å². The molecule has 2 aliphatic rings. The van der Waals surface area contributed by atoms with Crippen molar-refractivity contribution in [1.82, 2.24) is 4.90 Å². The first kappa shape index (κ1) is 14.3. The fraction of sp³-hybridized carbons (Fsp3) is 0.846. The van der Waals surface area contributed by atoms with E-state index in [1.807, 2.05) is 0 Å². The molecule has 1 unspecified atom stereocenters. The van der Waals surface area contributed by atoms with E-state index >= 15 is 0 Å². The van der Waals surface area contributed by atoms with Gasteiger partial charge in [-0.1, -0.05) is 12.8 Å². The Hall–Kier alpha value is -1.14. The molecule has 0 aromatic carbocycles. The molecular weight excluding hydrogens is 248 g/mol. The molecule has 1 amide bonds. The Morgan fingerprint density at radius 2 is 2.05 bits per heavy atom. The van der Waals surface area contributed by atoms with Gasteiger partial charge in [0.2, 0.25) is 5.91 Å². The standard InChI is InChI=1S/C13H22N2O4/c14-13(3-1-2-4-13)8-11(16)15-5-6-19-10(9-15)7-12(17)18/h10H,1-9,14H2,(H,17,18). The number of hydrogen-bond acceptors (Lipinski definition) is 4. The normalized spacial score (nSPS) is 26.4. The molecule has 1 aliphatic carbocycles. The second-order valence-corrected chi connectivity index (χ2v) is 5.68. The van der Waals surface area contributed by atoms with E-state index in [1.165, 1.54) is 0 Å². The summed E-state index contributed by atoms with van der Waals surface area (Å²) in [6, 6.07) is 0. The molecule has 1 heterocycles. The second-order valence-electron chi connectivity index (χ2n) is 5.68. The van der Waals surface area contributed by atoms with Crippen molar-refractivity contribution < 1.29 is 19.4 Å². The summed E-state index contributed by atoms with van der Waals surface area (Å²) >= 11 is 0. The van der Waals surface area contributed by atoms with Crippen LogP contribution in [0.3, 0.4) is 0 Å². The highest BCUT2D eigenvalue weighted by Gasteiger charge is 2.34. The molecule has 19 heavy (non-hydrogen) atoms. The Balaban J connectivity index is 1.86. The summed E-state index contributed by atoms with van der Waals surface area (Å²) in [4.78, 5) is 24.6. The molecule has 0 aromatic rings. The van der Waals surface area contributed by atoms with Gasteiger partial charge in [-0.3, -0.25) is 9.59 Å². The first-order valence-electron chi connectivity index (χ1n) is 6.89. The molecule has 108 valence electrons. The minimum atomic E-state index is -0.898. The third-order valence-corrected chi connectivity index (χ3v) is 4.00. The molecule has 0 aromatic heterocycles. The van der Waals surface area contributed by atoms with Gasteiger partial charge < -0.3 is 20.5 Å². The van der Waals surface area contributed by atoms with Crippen LogP contribution in [0.2, 0.25) is 0 Å². The number of carbonyl (C=O) groups is 2. The third-order valence-electron chi connectivity index (χ3n) is 4.00. The van der Waals surface area contributed by atoms with Gasteiger partial charge >= 0.3 is 5.97 Å². The van der Waals surface area contributed by atoms with Gasteiger partial charge in [-0.15, -0.1) is 0 Å². The van der Waals surface area contributed by atoms with Gasteiger partial charge in [-0.25, -0.2) is 0 Å². The lowest BCUT2D eigenvalue weighted by Crippen LogP contribution is -2.50. The zero-order valence-corrected chi connectivity index (χ0v) is 11.1. The summed E-state index contributed by atoms with van der Waals surface area (Å²) in [5.41, 5.74) is 5.86. The molecule has 1 aliphatic heterocycles. The Bertz CT molecular complexity index is 353. The van der Waals surface area contributed by atoms with Gasteiger partial charge in [-0.2, -0.15) is 0 Å². The molecule has 2 rings (SSSR count). The molecule has 0 spiro atoms. The molecule has 0 radical (unpaired) electrons. The van der Waals surface area contributed by atoms with E-state index < -0.39 is 12.1 Å². The van der Waals surface area contributed by atoms with Crippen molar-refractivity contribution in [3.63, 3.8) is 0 Å². The van der Waals surface area contributed by atoms with Crippen molar-refractivity contribution in [1.29, 1.82) is 0 Å². The number of carbonyl (C=O) groups excluding carboxylic acids is 1. The van der Waals surface area contributed by atoms with Crippen molar-refractivity contribution in [2.75, 3.05) is 19.7 Å². The quantitative estimate of drug-likeness (QED) is 0.769. The molecule has 2 fully saturated rings. The van der Waals surface area contributed by atoms with Crippen LogP contribution < -0.4 is 5.73 Å². The van der Waals surface area contributed by atoms with Crippen LogP contribution in [-0.2, 0) is 14.3 Å².